The van der Waals surface area contributed by atoms with E-state index in [9.17, 15) is 0 Å². The Morgan fingerprint density at radius 2 is 0.513 bits per heavy atom. The second kappa shape index (κ2) is 17.7. The number of hydrogen-bond acceptors (Lipinski definition) is 0. The quantitative estimate of drug-likeness (QED) is 0.101. The van der Waals surface area contributed by atoms with Gasteiger partial charge < -0.3 is 13.7 Å². The molecule has 0 saturated heterocycles. The van der Waals surface area contributed by atoms with Crippen LogP contribution in [0.4, 0.5) is 0 Å². The number of hydrogen-bond donors (Lipinski definition) is 0. The molecule has 356 valence electrons. The Morgan fingerprint density at radius 1 is 0.184 bits per heavy atom. The second-order valence-electron chi connectivity index (χ2n) is 20.0. The van der Waals surface area contributed by atoms with E-state index < -0.39 is 8.07 Å². The zero-order valence-corrected chi connectivity index (χ0v) is 42.6. The maximum absolute atomic E-state index is 3.01. The van der Waals surface area contributed by atoms with Crippen LogP contribution in [0.5, 0.6) is 0 Å². The highest BCUT2D eigenvalue weighted by molar-refractivity contribution is 7.20. The second-order valence-corrected chi connectivity index (χ2v) is 23.8. The molecule has 15 aromatic rings. The van der Waals surface area contributed by atoms with Crippen molar-refractivity contribution in [2.75, 3.05) is 0 Å². The topological polar surface area (TPSA) is 14.8 Å². The van der Waals surface area contributed by atoms with Crippen LogP contribution in [0.15, 0.2) is 297 Å². The molecule has 0 N–H and O–H groups in total. The largest absolute Gasteiger partial charge is 0.309 e. The molecule has 0 aliphatic rings. The Hall–Kier alpha value is -9.74. The first-order valence-corrected chi connectivity index (χ1v) is 28.2. The lowest BCUT2D eigenvalue weighted by Crippen LogP contribution is -2.74. The average Bonchev–Trinajstić information content (AvgIpc) is 4.16. The lowest BCUT2D eigenvalue weighted by Gasteiger charge is -2.34. The number of fused-ring (bicyclic) bond motifs is 9. The maximum Gasteiger partial charge on any atom is 0.179 e. The third kappa shape index (κ3) is 6.81. The minimum absolute atomic E-state index is 1.10. The molecule has 0 unspecified atom stereocenters. The van der Waals surface area contributed by atoms with Crippen LogP contribution in [0.25, 0.3) is 105 Å². The summed E-state index contributed by atoms with van der Waals surface area (Å²) in [4.78, 5) is 0. The van der Waals surface area contributed by atoms with Gasteiger partial charge in [0, 0.05) is 49.4 Å². The number of nitrogens with zero attached hydrogens (tertiary/aromatic N) is 3. The SMILES string of the molecule is c1ccc(-c2ccc([Si](c3ccccc3)(c3ccccc3)c3ccc4c(c3)c3cc(-n5c6ccccc6c6ccccc65)ccc3n4-c3cc(-c4ccccc4)cc(-n4c5ccccc5c5ccccc54)c3)cc2)cc1. The Bertz CT molecular complexity index is 4520. The summed E-state index contributed by atoms with van der Waals surface area (Å²) < 4.78 is 7.43. The summed E-state index contributed by atoms with van der Waals surface area (Å²) in [6.45, 7) is 0. The number of rotatable bonds is 9. The average molecular weight is 984 g/mol. The van der Waals surface area contributed by atoms with Gasteiger partial charge in [-0.1, -0.05) is 231 Å². The van der Waals surface area contributed by atoms with Crippen LogP contribution < -0.4 is 20.7 Å². The van der Waals surface area contributed by atoms with Crippen molar-refractivity contribution >= 4 is 94.2 Å². The molecule has 3 nitrogen and oxygen atoms in total. The van der Waals surface area contributed by atoms with E-state index in [0.29, 0.717) is 0 Å². The van der Waals surface area contributed by atoms with Crippen molar-refractivity contribution < 1.29 is 0 Å². The zero-order valence-electron chi connectivity index (χ0n) is 41.6. The van der Waals surface area contributed by atoms with E-state index in [1.54, 1.807) is 0 Å². The molecule has 15 rings (SSSR count). The van der Waals surface area contributed by atoms with Crippen LogP contribution in [-0.4, -0.2) is 21.8 Å². The van der Waals surface area contributed by atoms with Crippen molar-refractivity contribution in [2.24, 2.45) is 0 Å². The molecule has 4 heteroatoms. The molecule has 3 heterocycles. The summed E-state index contributed by atoms with van der Waals surface area (Å²) in [6, 6.07) is 111. The van der Waals surface area contributed by atoms with Crippen molar-refractivity contribution in [1.82, 2.24) is 13.7 Å². The smallest absolute Gasteiger partial charge is 0.179 e. The number of para-hydroxylation sites is 4. The maximum atomic E-state index is 2.57. The first-order valence-electron chi connectivity index (χ1n) is 26.2. The van der Waals surface area contributed by atoms with Crippen molar-refractivity contribution in [1.29, 1.82) is 0 Å². The van der Waals surface area contributed by atoms with E-state index in [2.05, 4.69) is 311 Å². The first kappa shape index (κ1) is 43.8. The molecule has 0 amide bonds. The first-order chi connectivity index (χ1) is 37.7. The van der Waals surface area contributed by atoms with Crippen LogP contribution in [0.1, 0.15) is 0 Å². The summed E-state index contributed by atoms with van der Waals surface area (Å²) in [7, 11) is -3.01. The van der Waals surface area contributed by atoms with Gasteiger partial charge in [-0.25, -0.2) is 0 Å². The Labute approximate surface area is 442 Å². The van der Waals surface area contributed by atoms with Crippen LogP contribution >= 0.6 is 0 Å². The highest BCUT2D eigenvalue weighted by Crippen LogP contribution is 2.40. The summed E-state index contributed by atoms with van der Waals surface area (Å²) in [5, 5.41) is 12.7. The van der Waals surface area contributed by atoms with E-state index in [1.165, 1.54) is 91.8 Å². The monoisotopic (exact) mass is 983 g/mol. The van der Waals surface area contributed by atoms with E-state index in [-0.39, 0.29) is 0 Å². The minimum Gasteiger partial charge on any atom is -0.309 e. The molecule has 0 fully saturated rings. The van der Waals surface area contributed by atoms with Crippen molar-refractivity contribution in [2.45, 2.75) is 0 Å². The molecule has 0 aliphatic carbocycles. The zero-order chi connectivity index (χ0) is 50.2. The lowest BCUT2D eigenvalue weighted by molar-refractivity contribution is 1.13. The fourth-order valence-electron chi connectivity index (χ4n) is 12.6. The minimum atomic E-state index is -3.01. The van der Waals surface area contributed by atoms with E-state index >= 15 is 0 Å². The molecule has 0 spiro atoms. The highest BCUT2D eigenvalue weighted by Gasteiger charge is 2.42. The summed E-state index contributed by atoms with van der Waals surface area (Å²) in [5.41, 5.74) is 15.1. The molecule has 76 heavy (non-hydrogen) atoms. The summed E-state index contributed by atoms with van der Waals surface area (Å²) in [5.74, 6) is 0. The fraction of sp³-hybridized carbons (Fsp3) is 0. The molecule has 0 saturated carbocycles. The van der Waals surface area contributed by atoms with Crippen LogP contribution in [0.3, 0.4) is 0 Å². The van der Waals surface area contributed by atoms with Crippen molar-refractivity contribution in [3.8, 4) is 39.3 Å². The molecule has 0 atom stereocenters. The van der Waals surface area contributed by atoms with Gasteiger partial charge in [0.2, 0.25) is 0 Å². The predicted molar refractivity (Wildman–Crippen MR) is 324 cm³/mol. The summed E-state index contributed by atoms with van der Waals surface area (Å²) in [6.07, 6.45) is 0. The number of benzene rings is 12. The molecule has 0 aliphatic heterocycles. The van der Waals surface area contributed by atoms with Crippen molar-refractivity contribution in [3.05, 3.63) is 297 Å². The van der Waals surface area contributed by atoms with Gasteiger partial charge in [-0.15, -0.1) is 0 Å². The molecular formula is C72H49N3Si. The van der Waals surface area contributed by atoms with Crippen molar-refractivity contribution in [3.63, 3.8) is 0 Å². The van der Waals surface area contributed by atoms with Gasteiger partial charge in [0.1, 0.15) is 0 Å². The third-order valence-corrected chi connectivity index (χ3v) is 20.7. The van der Waals surface area contributed by atoms with Gasteiger partial charge >= 0.3 is 0 Å². The molecular weight excluding hydrogens is 935 g/mol. The Balaban J connectivity index is 1.05. The van der Waals surface area contributed by atoms with Gasteiger partial charge in [0.25, 0.3) is 0 Å². The standard InChI is InChI=1S/C72H49N3Si/c1-5-21-50(22-6-1)52-37-40-59(41-38-52)76(57-25-9-3-10-26-57,58-27-11-4-12-28-58)60-42-44-72-66(49-60)65-48-54(73-67-33-17-13-29-61(67)62-30-14-18-34-68(62)73)39-43-71(65)75(72)56-46-53(51-23-7-2-8-24-51)45-55(47-56)74-69-35-19-15-31-63(69)64-32-16-20-36-70(64)74/h1-49H. The fourth-order valence-corrected chi connectivity index (χ4v) is 17.4. The lowest BCUT2D eigenvalue weighted by atomic mass is 10.0. The molecule has 0 bridgehead atoms. The van der Waals surface area contributed by atoms with E-state index in [4.69, 9.17) is 0 Å². The third-order valence-electron chi connectivity index (χ3n) is 16.0. The van der Waals surface area contributed by atoms with Gasteiger partial charge in [0.05, 0.1) is 33.1 Å². The predicted octanol–water partition coefficient (Wildman–Crippen LogP) is 15.7. The van der Waals surface area contributed by atoms with Gasteiger partial charge in [-0.05, 0) is 110 Å². The van der Waals surface area contributed by atoms with Crippen LogP contribution in [0, 0.1) is 0 Å². The van der Waals surface area contributed by atoms with Crippen LogP contribution in [-0.2, 0) is 0 Å². The van der Waals surface area contributed by atoms with E-state index in [0.717, 1.165) is 33.7 Å². The van der Waals surface area contributed by atoms with Crippen LogP contribution in [0.2, 0.25) is 0 Å². The molecule has 0 radical (unpaired) electrons. The normalized spacial score (nSPS) is 11.9. The van der Waals surface area contributed by atoms with Gasteiger partial charge in [-0.3, -0.25) is 0 Å². The summed E-state index contributed by atoms with van der Waals surface area (Å²) >= 11 is 0. The van der Waals surface area contributed by atoms with Gasteiger partial charge in [0.15, 0.2) is 8.07 Å². The Kier molecular flexibility index (Phi) is 10.2. The number of aromatic nitrogens is 3. The van der Waals surface area contributed by atoms with E-state index in [1.807, 2.05) is 0 Å². The van der Waals surface area contributed by atoms with Gasteiger partial charge in [-0.2, -0.15) is 0 Å². The highest BCUT2D eigenvalue weighted by atomic mass is 28.3. The molecule has 3 aromatic heterocycles. The Morgan fingerprint density at radius 3 is 0.987 bits per heavy atom. The molecule has 12 aromatic carbocycles.